The summed E-state index contributed by atoms with van der Waals surface area (Å²) in [6.45, 7) is 2.79. The van der Waals surface area contributed by atoms with Gasteiger partial charge in [0.15, 0.2) is 23.0 Å². The summed E-state index contributed by atoms with van der Waals surface area (Å²) >= 11 is 0. The highest BCUT2D eigenvalue weighted by Crippen LogP contribution is 2.56. The van der Waals surface area contributed by atoms with E-state index in [0.29, 0.717) is 23.7 Å². The fourth-order valence-corrected chi connectivity index (χ4v) is 5.91. The number of carbonyl (C=O) groups is 2. The lowest BCUT2D eigenvalue weighted by molar-refractivity contribution is -0.141. The second-order valence-electron chi connectivity index (χ2n) is 9.89. The van der Waals surface area contributed by atoms with Crippen LogP contribution in [0.15, 0.2) is 54.6 Å². The van der Waals surface area contributed by atoms with Crippen LogP contribution in [0.2, 0.25) is 0 Å². The molecule has 0 N–H and O–H groups in total. The van der Waals surface area contributed by atoms with E-state index in [1.54, 1.807) is 12.1 Å². The van der Waals surface area contributed by atoms with Gasteiger partial charge in [0.2, 0.25) is 12.5 Å². The molecule has 0 spiro atoms. The van der Waals surface area contributed by atoms with Crippen LogP contribution in [0.4, 0.5) is 4.79 Å². The largest absolute Gasteiger partial charge is 0.514 e. The topological polar surface area (TPSA) is 108 Å². The van der Waals surface area contributed by atoms with Crippen LogP contribution >= 0.6 is 0 Å². The SMILES string of the molecule is CCO[C@@H]1c2cc3c(cc2[C@@H](c2cc(OC)c(OC(=O)OCc4ccccc4)c(OC)c2)[C@H]2C(=O)OCC12)OCO3. The Kier molecular flexibility index (Phi) is 7.32. The van der Waals surface area contributed by atoms with E-state index in [9.17, 15) is 9.59 Å². The van der Waals surface area contributed by atoms with Gasteiger partial charge in [-0.05, 0) is 53.4 Å². The zero-order chi connectivity index (χ0) is 28.5. The highest BCUT2D eigenvalue weighted by Gasteiger charge is 2.53. The smallest absolute Gasteiger partial charge is 0.493 e. The molecule has 10 nitrogen and oxygen atoms in total. The third-order valence-electron chi connectivity index (χ3n) is 7.69. The van der Waals surface area contributed by atoms with Gasteiger partial charge in [-0.1, -0.05) is 30.3 Å². The molecule has 3 aromatic rings. The predicted molar refractivity (Wildman–Crippen MR) is 144 cm³/mol. The third-order valence-corrected chi connectivity index (χ3v) is 7.69. The molecule has 0 saturated carbocycles. The molecule has 0 amide bonds. The lowest BCUT2D eigenvalue weighted by atomic mass is 9.66. The number of hydrogen-bond donors (Lipinski definition) is 0. The van der Waals surface area contributed by atoms with Crippen molar-refractivity contribution in [2.45, 2.75) is 25.6 Å². The minimum absolute atomic E-state index is 0.0452. The molecule has 214 valence electrons. The normalized spacial score (nSPS) is 21.9. The summed E-state index contributed by atoms with van der Waals surface area (Å²) in [5.74, 6) is 0.266. The standard InChI is InChI=1S/C31H30O10/c1-4-36-28-20-13-23-22(39-16-40-23)12-19(20)26(27-21(28)15-37-30(27)32)18-10-24(34-2)29(25(11-18)35-3)41-31(33)38-14-17-8-6-5-7-9-17/h5-13,21,26-28H,4,14-16H2,1-3H3/t21?,26-,27+,28-/m1/s1. The fourth-order valence-electron chi connectivity index (χ4n) is 5.91. The van der Waals surface area contributed by atoms with Crippen LogP contribution in [0.3, 0.4) is 0 Å². The van der Waals surface area contributed by atoms with Crippen LogP contribution in [-0.2, 0) is 25.6 Å². The monoisotopic (exact) mass is 562 g/mol. The molecule has 4 atom stereocenters. The van der Waals surface area contributed by atoms with Crippen molar-refractivity contribution in [1.82, 2.24) is 0 Å². The number of hydrogen-bond acceptors (Lipinski definition) is 10. The van der Waals surface area contributed by atoms with Gasteiger partial charge in [-0.2, -0.15) is 0 Å². The summed E-state index contributed by atoms with van der Waals surface area (Å²) in [6.07, 6.45) is -1.27. The van der Waals surface area contributed by atoms with Gasteiger partial charge in [-0.15, -0.1) is 0 Å². The van der Waals surface area contributed by atoms with E-state index in [2.05, 4.69) is 0 Å². The van der Waals surface area contributed by atoms with E-state index in [0.717, 1.165) is 16.7 Å². The molecule has 2 heterocycles. The van der Waals surface area contributed by atoms with Crippen LogP contribution in [0, 0.1) is 11.8 Å². The molecule has 0 bridgehead atoms. The van der Waals surface area contributed by atoms with Crippen LogP contribution in [0.25, 0.3) is 0 Å². The summed E-state index contributed by atoms with van der Waals surface area (Å²) in [4.78, 5) is 25.8. The first-order valence-corrected chi connectivity index (χ1v) is 13.4. The van der Waals surface area contributed by atoms with Gasteiger partial charge in [0.1, 0.15) is 6.61 Å². The van der Waals surface area contributed by atoms with Gasteiger partial charge < -0.3 is 37.9 Å². The Morgan fingerprint density at radius 2 is 1.61 bits per heavy atom. The zero-order valence-electron chi connectivity index (χ0n) is 22.9. The molecular formula is C31H30O10. The molecule has 3 aliphatic rings. The van der Waals surface area contributed by atoms with Gasteiger partial charge in [0, 0.05) is 18.4 Å². The molecule has 1 unspecified atom stereocenters. The second-order valence-corrected chi connectivity index (χ2v) is 9.89. The van der Waals surface area contributed by atoms with Gasteiger partial charge in [-0.25, -0.2) is 4.79 Å². The number of methoxy groups -OCH3 is 2. The number of cyclic esters (lactones) is 1. The van der Waals surface area contributed by atoms with Crippen molar-refractivity contribution in [2.75, 3.05) is 34.2 Å². The summed E-state index contributed by atoms with van der Waals surface area (Å²) in [5.41, 5.74) is 3.29. The van der Waals surface area contributed by atoms with Crippen molar-refractivity contribution in [1.29, 1.82) is 0 Å². The van der Waals surface area contributed by atoms with Gasteiger partial charge in [0.05, 0.1) is 32.8 Å². The van der Waals surface area contributed by atoms with Gasteiger partial charge in [0.25, 0.3) is 0 Å². The Morgan fingerprint density at radius 1 is 0.927 bits per heavy atom. The maximum atomic E-state index is 13.2. The number of benzene rings is 3. The van der Waals surface area contributed by atoms with E-state index in [-0.39, 0.29) is 55.2 Å². The number of fused-ring (bicyclic) bond motifs is 3. The lowest BCUT2D eigenvalue weighted by Crippen LogP contribution is -2.35. The van der Waals surface area contributed by atoms with Crippen molar-refractivity contribution in [3.8, 4) is 28.7 Å². The van der Waals surface area contributed by atoms with Crippen LogP contribution in [0.5, 0.6) is 28.7 Å². The minimum Gasteiger partial charge on any atom is -0.493 e. The number of ether oxygens (including phenoxy) is 8. The highest BCUT2D eigenvalue weighted by molar-refractivity contribution is 5.79. The van der Waals surface area contributed by atoms with E-state index in [4.69, 9.17) is 37.9 Å². The Bertz CT molecular complexity index is 1430. The first-order valence-electron chi connectivity index (χ1n) is 13.4. The molecule has 3 aromatic carbocycles. The molecule has 41 heavy (non-hydrogen) atoms. The van der Waals surface area contributed by atoms with Crippen molar-refractivity contribution in [2.24, 2.45) is 11.8 Å². The average Bonchev–Trinajstić information content (AvgIpc) is 3.62. The lowest BCUT2D eigenvalue weighted by Gasteiger charge is -2.39. The molecule has 6 rings (SSSR count). The first-order chi connectivity index (χ1) is 20.0. The van der Waals surface area contributed by atoms with Crippen molar-refractivity contribution in [3.63, 3.8) is 0 Å². The van der Waals surface area contributed by atoms with Gasteiger partial charge >= 0.3 is 12.1 Å². The predicted octanol–water partition coefficient (Wildman–Crippen LogP) is 5.16. The Balaban J connectivity index is 1.39. The van der Waals surface area contributed by atoms with Crippen molar-refractivity contribution >= 4 is 12.1 Å². The average molecular weight is 563 g/mol. The van der Waals surface area contributed by atoms with Crippen LogP contribution in [0.1, 0.15) is 41.2 Å². The number of carbonyl (C=O) groups excluding carboxylic acids is 2. The quantitative estimate of drug-likeness (QED) is 0.270. The van der Waals surface area contributed by atoms with Gasteiger partial charge in [-0.3, -0.25) is 4.79 Å². The molecule has 2 aliphatic heterocycles. The Hall–Kier alpha value is -4.44. The highest BCUT2D eigenvalue weighted by atomic mass is 16.7. The summed E-state index contributed by atoms with van der Waals surface area (Å²) in [5, 5.41) is 0. The maximum absolute atomic E-state index is 13.2. The summed E-state index contributed by atoms with van der Waals surface area (Å²) in [6, 6.07) is 16.6. The van der Waals surface area contributed by atoms with E-state index >= 15 is 0 Å². The Labute approximate surface area is 237 Å². The van der Waals surface area contributed by atoms with Crippen LogP contribution in [-0.4, -0.2) is 46.4 Å². The zero-order valence-corrected chi connectivity index (χ0v) is 22.9. The first kappa shape index (κ1) is 26.8. The molecule has 1 aliphatic carbocycles. The summed E-state index contributed by atoms with van der Waals surface area (Å²) in [7, 11) is 2.93. The van der Waals surface area contributed by atoms with Crippen LogP contribution < -0.4 is 23.7 Å². The molecular weight excluding hydrogens is 532 g/mol. The second kappa shape index (κ2) is 11.2. The fraction of sp³-hybridized carbons (Fsp3) is 0.355. The summed E-state index contributed by atoms with van der Waals surface area (Å²) < 4.78 is 45.2. The molecule has 0 radical (unpaired) electrons. The number of esters is 1. The van der Waals surface area contributed by atoms with Crippen molar-refractivity contribution < 1.29 is 47.5 Å². The third kappa shape index (κ3) is 4.88. The minimum atomic E-state index is -0.909. The molecule has 10 heteroatoms. The molecule has 1 fully saturated rings. The van der Waals surface area contributed by atoms with E-state index in [1.165, 1.54) is 14.2 Å². The molecule has 1 saturated heterocycles. The number of rotatable bonds is 8. The van der Waals surface area contributed by atoms with E-state index < -0.39 is 18.0 Å². The van der Waals surface area contributed by atoms with Crippen molar-refractivity contribution in [3.05, 3.63) is 76.9 Å². The van der Waals surface area contributed by atoms with E-state index in [1.807, 2.05) is 49.4 Å². The maximum Gasteiger partial charge on any atom is 0.514 e. The Morgan fingerprint density at radius 3 is 2.27 bits per heavy atom. The molecule has 0 aromatic heterocycles.